The molecule has 4 rings (SSSR count). The molecule has 0 amide bonds. The summed E-state index contributed by atoms with van der Waals surface area (Å²) in [6, 6.07) is 33.3. The molecule has 41 heavy (non-hydrogen) atoms. The summed E-state index contributed by atoms with van der Waals surface area (Å²) in [7, 11) is 0. The van der Waals surface area contributed by atoms with Gasteiger partial charge in [-0.3, -0.25) is 20.8 Å². The van der Waals surface area contributed by atoms with E-state index in [9.17, 15) is 19.6 Å². The fourth-order valence-corrected chi connectivity index (χ4v) is 2.43. The van der Waals surface area contributed by atoms with Gasteiger partial charge in [0.05, 0.1) is 43.9 Å². The minimum Gasteiger partial charge on any atom is -0.265 e. The molecule has 0 unspecified atom stereocenters. The fourth-order valence-electron chi connectivity index (χ4n) is 2.43. The molecule has 0 bridgehead atoms. The van der Waals surface area contributed by atoms with Crippen molar-refractivity contribution >= 4 is 22.7 Å². The Hall–Kier alpha value is -4.97. The van der Waals surface area contributed by atoms with Crippen LogP contribution in [0.2, 0.25) is 0 Å². The van der Waals surface area contributed by atoms with Crippen LogP contribution in [-0.4, -0.2) is 20.8 Å². The Morgan fingerprint density at radius 1 is 0.341 bits per heavy atom. The third kappa shape index (κ3) is 14.7. The van der Waals surface area contributed by atoms with Crippen LogP contribution in [0.3, 0.4) is 0 Å². The van der Waals surface area contributed by atoms with Gasteiger partial charge < -0.3 is 0 Å². The quantitative estimate of drug-likeness (QED) is 0.100. The van der Waals surface area contributed by atoms with Gasteiger partial charge in [0.25, 0.3) is 0 Å². The summed E-state index contributed by atoms with van der Waals surface area (Å²) in [6.07, 6.45) is 0. The average molecular weight is 600 g/mol. The number of nitrogens with zero attached hydrogens (tertiary/aromatic N) is 8. The molecule has 0 heterocycles. The molecule has 0 saturated carbocycles. The Morgan fingerprint density at radius 2 is 0.488 bits per heavy atom. The van der Waals surface area contributed by atoms with Crippen LogP contribution in [-0.2, 0) is 21.7 Å². The molecule has 4 aromatic rings. The second kappa shape index (κ2) is 21.9. The predicted molar refractivity (Wildman–Crippen MR) is 146 cm³/mol. The van der Waals surface area contributed by atoms with Gasteiger partial charge in [0.15, 0.2) is 0 Å². The molecule has 0 radical (unpaired) electrons. The molecule has 4 aromatic carbocycles. The van der Waals surface area contributed by atoms with Crippen molar-refractivity contribution in [2.75, 3.05) is 20.7 Å². The molecule has 0 spiro atoms. The SMILES string of the molecule is O=NN(O)c1ccccc1.O=NN(O)c1ccccc1.O=NN(O)c1ccccc1.O=NN(O)c1ccccc1.[Ti]. The number of hydrogen-bond donors (Lipinski definition) is 4. The largest absolute Gasteiger partial charge is 0.265 e. The van der Waals surface area contributed by atoms with E-state index in [0.717, 1.165) is 0 Å². The van der Waals surface area contributed by atoms with Gasteiger partial charge in [0.1, 0.15) is 0 Å². The number of rotatable bonds is 8. The monoisotopic (exact) mass is 600 g/mol. The van der Waals surface area contributed by atoms with Crippen molar-refractivity contribution in [2.24, 2.45) is 21.1 Å². The first-order valence-electron chi connectivity index (χ1n) is 10.9. The van der Waals surface area contributed by atoms with Crippen LogP contribution in [0.5, 0.6) is 0 Å². The third-order valence-electron chi connectivity index (χ3n) is 4.26. The van der Waals surface area contributed by atoms with E-state index in [0.29, 0.717) is 22.7 Å². The average Bonchev–Trinajstić information content (AvgIpc) is 3.05. The molecule has 212 valence electrons. The van der Waals surface area contributed by atoms with Gasteiger partial charge in [0, 0.05) is 21.7 Å². The van der Waals surface area contributed by atoms with Crippen LogP contribution in [0.15, 0.2) is 142 Å². The Bertz CT molecular complexity index is 1050. The number of benzene rings is 4. The molecule has 16 nitrogen and oxygen atoms in total. The van der Waals surface area contributed by atoms with E-state index in [1.165, 1.54) is 0 Å². The van der Waals surface area contributed by atoms with Crippen LogP contribution >= 0.6 is 0 Å². The summed E-state index contributed by atoms with van der Waals surface area (Å²) in [5.74, 6) is 0. The van der Waals surface area contributed by atoms with Gasteiger partial charge in [-0.1, -0.05) is 72.8 Å². The van der Waals surface area contributed by atoms with Crippen molar-refractivity contribution in [3.05, 3.63) is 141 Å². The maximum Gasteiger partial charge on any atom is 0.0932 e. The van der Waals surface area contributed by atoms with E-state index in [1.807, 2.05) is 0 Å². The zero-order valence-corrected chi connectivity index (χ0v) is 22.6. The Kier molecular flexibility index (Phi) is 19.3. The minimum absolute atomic E-state index is 0. The first kappa shape index (κ1) is 36.0. The van der Waals surface area contributed by atoms with Crippen molar-refractivity contribution in [1.82, 2.24) is 0 Å². The standard InChI is InChI=1S/4C6H6N2O2.Ti/c4*9-7-8(10)6-4-2-1-3-5-6;/h4*1-5,10H;. The van der Waals surface area contributed by atoms with Crippen molar-refractivity contribution in [1.29, 1.82) is 0 Å². The van der Waals surface area contributed by atoms with E-state index in [4.69, 9.17) is 20.8 Å². The molecule has 0 fully saturated rings. The minimum atomic E-state index is 0. The van der Waals surface area contributed by atoms with E-state index >= 15 is 0 Å². The van der Waals surface area contributed by atoms with Gasteiger partial charge in [-0.2, -0.15) is 0 Å². The summed E-state index contributed by atoms with van der Waals surface area (Å²) < 4.78 is 0. The molecular formula is C24H24N8O8Ti. The number of nitroso groups, excluding NO2 is 4. The van der Waals surface area contributed by atoms with Gasteiger partial charge >= 0.3 is 0 Å². The Balaban J connectivity index is 0.000000516. The van der Waals surface area contributed by atoms with Crippen LogP contribution in [0.1, 0.15) is 0 Å². The van der Waals surface area contributed by atoms with Crippen LogP contribution < -0.4 is 20.7 Å². The zero-order chi connectivity index (χ0) is 29.6. The van der Waals surface area contributed by atoms with Crippen LogP contribution in [0, 0.1) is 19.6 Å². The molecule has 0 atom stereocenters. The first-order valence-corrected chi connectivity index (χ1v) is 10.9. The van der Waals surface area contributed by atoms with E-state index in [-0.39, 0.29) is 42.4 Å². The molecule has 17 heteroatoms. The predicted octanol–water partition coefficient (Wildman–Crippen LogP) is 6.25. The van der Waals surface area contributed by atoms with Gasteiger partial charge in [-0.15, -0.1) is 40.3 Å². The molecule has 0 aliphatic rings. The second-order valence-corrected chi connectivity index (χ2v) is 6.83. The summed E-state index contributed by atoms with van der Waals surface area (Å²) in [4.78, 5) is 38.9. The second-order valence-electron chi connectivity index (χ2n) is 6.83. The molecule has 4 N–H and O–H groups in total. The molecule has 0 saturated heterocycles. The van der Waals surface area contributed by atoms with E-state index in [1.54, 1.807) is 121 Å². The summed E-state index contributed by atoms with van der Waals surface area (Å²) in [5, 5.41) is 45.0. The summed E-state index contributed by atoms with van der Waals surface area (Å²) in [5.41, 5.74) is 1.44. The van der Waals surface area contributed by atoms with E-state index in [2.05, 4.69) is 21.1 Å². The molecule has 0 aromatic heterocycles. The molecular weight excluding hydrogens is 576 g/mol. The maximum absolute atomic E-state index is 9.73. The number of anilines is 4. The Labute approximate surface area is 247 Å². The number of para-hydroxylation sites is 4. The zero-order valence-electron chi connectivity index (χ0n) is 21.0. The smallest absolute Gasteiger partial charge is 0.0932 e. The summed E-state index contributed by atoms with van der Waals surface area (Å²) in [6.45, 7) is 0. The maximum atomic E-state index is 9.73. The molecule has 0 aliphatic heterocycles. The van der Waals surface area contributed by atoms with Gasteiger partial charge in [0.2, 0.25) is 0 Å². The van der Waals surface area contributed by atoms with E-state index < -0.39 is 0 Å². The topological polar surface area (TPSA) is 212 Å². The summed E-state index contributed by atoms with van der Waals surface area (Å²) >= 11 is 0. The van der Waals surface area contributed by atoms with Crippen molar-refractivity contribution in [3.8, 4) is 0 Å². The van der Waals surface area contributed by atoms with Gasteiger partial charge in [-0.05, 0) is 48.5 Å². The first-order chi connectivity index (χ1) is 19.4. The van der Waals surface area contributed by atoms with Crippen molar-refractivity contribution < 1.29 is 42.5 Å². The Morgan fingerprint density at radius 3 is 0.610 bits per heavy atom. The fraction of sp³-hybridized carbons (Fsp3) is 0. The van der Waals surface area contributed by atoms with Crippen LogP contribution in [0.25, 0.3) is 0 Å². The van der Waals surface area contributed by atoms with Crippen LogP contribution in [0.4, 0.5) is 22.7 Å². The third-order valence-corrected chi connectivity index (χ3v) is 4.26. The van der Waals surface area contributed by atoms with Crippen molar-refractivity contribution in [3.63, 3.8) is 0 Å². The van der Waals surface area contributed by atoms with Gasteiger partial charge in [-0.25, -0.2) is 0 Å². The van der Waals surface area contributed by atoms with Crippen molar-refractivity contribution in [2.45, 2.75) is 0 Å². The normalized spacial score (nSPS) is 8.68. The number of hydrogen-bond acceptors (Lipinski definition) is 12. The molecule has 0 aliphatic carbocycles.